The Bertz CT molecular complexity index is 740. The van der Waals surface area contributed by atoms with Crippen molar-refractivity contribution in [2.45, 2.75) is 38.6 Å². The van der Waals surface area contributed by atoms with Crippen molar-refractivity contribution in [1.82, 2.24) is 4.98 Å². The quantitative estimate of drug-likeness (QED) is 0.683. The number of hydrogen-bond donors (Lipinski definition) is 1. The Balaban J connectivity index is 1.89. The molecule has 1 atom stereocenters. The zero-order valence-electron chi connectivity index (χ0n) is 13.0. The minimum absolute atomic E-state index is 0.0534. The number of anilines is 1. The maximum atomic E-state index is 10.9. The highest BCUT2D eigenvalue weighted by molar-refractivity contribution is 5.50. The molecule has 1 aliphatic rings. The summed E-state index contributed by atoms with van der Waals surface area (Å²) in [6.45, 7) is 6.14. The molecule has 1 aromatic heterocycles. The van der Waals surface area contributed by atoms with E-state index < -0.39 is 4.92 Å². The average molecular weight is 297 g/mol. The summed E-state index contributed by atoms with van der Waals surface area (Å²) in [5.41, 5.74) is 3.24. The highest BCUT2D eigenvalue weighted by Gasteiger charge is 2.36. The molecule has 5 nitrogen and oxygen atoms in total. The van der Waals surface area contributed by atoms with Crippen molar-refractivity contribution in [3.05, 3.63) is 63.3 Å². The predicted molar refractivity (Wildman–Crippen MR) is 86.1 cm³/mol. The molecule has 114 valence electrons. The Morgan fingerprint density at radius 2 is 2.00 bits per heavy atom. The molecule has 0 radical (unpaired) electrons. The molecule has 0 bridgehead atoms. The largest absolute Gasteiger partial charge is 0.363 e. The molecule has 1 heterocycles. The van der Waals surface area contributed by atoms with Gasteiger partial charge in [-0.15, -0.1) is 0 Å². The van der Waals surface area contributed by atoms with E-state index in [-0.39, 0.29) is 17.1 Å². The number of pyridine rings is 1. The minimum atomic E-state index is -0.403. The summed E-state index contributed by atoms with van der Waals surface area (Å²) >= 11 is 0. The van der Waals surface area contributed by atoms with Gasteiger partial charge < -0.3 is 5.32 Å². The third kappa shape index (κ3) is 2.43. The van der Waals surface area contributed by atoms with Crippen molar-refractivity contribution in [1.29, 1.82) is 0 Å². The van der Waals surface area contributed by atoms with E-state index in [1.807, 2.05) is 6.07 Å². The monoisotopic (exact) mass is 297 g/mol. The molecule has 0 fully saturated rings. The molecule has 1 aromatic carbocycles. The number of aromatic nitrogens is 1. The van der Waals surface area contributed by atoms with Gasteiger partial charge in [-0.3, -0.25) is 10.1 Å². The molecule has 1 unspecified atom stereocenters. The number of hydrogen-bond acceptors (Lipinski definition) is 4. The van der Waals surface area contributed by atoms with Crippen LogP contribution >= 0.6 is 0 Å². The molecule has 0 saturated carbocycles. The minimum Gasteiger partial charge on any atom is -0.363 e. The first-order valence-corrected chi connectivity index (χ1v) is 7.36. The predicted octanol–water partition coefficient (Wildman–Crippen LogP) is 4.13. The number of nitro groups is 1. The van der Waals surface area contributed by atoms with E-state index in [1.165, 1.54) is 17.2 Å². The van der Waals surface area contributed by atoms with Gasteiger partial charge in [0.1, 0.15) is 11.5 Å². The molecule has 1 aliphatic carbocycles. The van der Waals surface area contributed by atoms with Crippen LogP contribution in [-0.2, 0) is 5.41 Å². The molecule has 1 N–H and O–H groups in total. The van der Waals surface area contributed by atoms with Crippen LogP contribution in [0.2, 0.25) is 0 Å². The first-order chi connectivity index (χ1) is 10.4. The Hall–Kier alpha value is -2.43. The lowest BCUT2D eigenvalue weighted by Crippen LogP contribution is -2.15. The summed E-state index contributed by atoms with van der Waals surface area (Å²) in [5.74, 6) is 0.681. The average Bonchev–Trinajstić information content (AvgIpc) is 2.70. The summed E-state index contributed by atoms with van der Waals surface area (Å²) in [5, 5.41) is 14.3. The molecule has 0 aliphatic heterocycles. The summed E-state index contributed by atoms with van der Waals surface area (Å²) < 4.78 is 0. The Morgan fingerprint density at radius 1 is 1.27 bits per heavy atom. The van der Waals surface area contributed by atoms with Gasteiger partial charge in [0.2, 0.25) is 0 Å². The van der Waals surface area contributed by atoms with Gasteiger partial charge in [0.05, 0.1) is 11.0 Å². The van der Waals surface area contributed by atoms with E-state index >= 15 is 0 Å². The molecule has 22 heavy (non-hydrogen) atoms. The molecular weight excluding hydrogens is 278 g/mol. The topological polar surface area (TPSA) is 68.1 Å². The maximum absolute atomic E-state index is 10.9. The van der Waals surface area contributed by atoms with Crippen LogP contribution in [-0.4, -0.2) is 9.91 Å². The molecule has 0 spiro atoms. The zero-order chi connectivity index (χ0) is 15.9. The number of rotatable bonds is 3. The third-order valence-corrected chi connectivity index (χ3v) is 4.36. The number of nitrogens with one attached hydrogen (secondary N) is 1. The summed E-state index contributed by atoms with van der Waals surface area (Å²) in [6, 6.07) is 11.8. The van der Waals surface area contributed by atoms with Crippen molar-refractivity contribution in [3.63, 3.8) is 0 Å². The maximum Gasteiger partial charge on any atom is 0.290 e. The standard InChI is InChI=1S/C17H19N3O2/c1-11-15(20(21)22)8-9-16(18-11)19-14-10-17(2,3)13-7-5-4-6-12(13)14/h4-9,14H,10H2,1-3H3,(H,18,19). The Kier molecular flexibility index (Phi) is 3.35. The number of aryl methyl sites for hydroxylation is 1. The van der Waals surface area contributed by atoms with Crippen LogP contribution in [0.15, 0.2) is 36.4 Å². The van der Waals surface area contributed by atoms with E-state index in [0.29, 0.717) is 11.5 Å². The van der Waals surface area contributed by atoms with Gasteiger partial charge in [0.25, 0.3) is 5.69 Å². The van der Waals surface area contributed by atoms with E-state index in [4.69, 9.17) is 0 Å². The Morgan fingerprint density at radius 3 is 2.68 bits per heavy atom. The third-order valence-electron chi connectivity index (χ3n) is 4.36. The smallest absolute Gasteiger partial charge is 0.290 e. The lowest BCUT2D eigenvalue weighted by atomic mass is 9.86. The fraction of sp³-hybridized carbons (Fsp3) is 0.353. The van der Waals surface area contributed by atoms with Crippen molar-refractivity contribution >= 4 is 11.5 Å². The van der Waals surface area contributed by atoms with Crippen molar-refractivity contribution in [2.75, 3.05) is 5.32 Å². The fourth-order valence-electron chi connectivity index (χ4n) is 3.28. The molecule has 2 aromatic rings. The highest BCUT2D eigenvalue weighted by Crippen LogP contribution is 2.45. The van der Waals surface area contributed by atoms with Crippen LogP contribution < -0.4 is 5.32 Å². The van der Waals surface area contributed by atoms with Crippen LogP contribution in [0.5, 0.6) is 0 Å². The van der Waals surface area contributed by atoms with E-state index in [9.17, 15) is 10.1 Å². The molecule has 0 saturated heterocycles. The van der Waals surface area contributed by atoms with Crippen molar-refractivity contribution in [3.8, 4) is 0 Å². The number of fused-ring (bicyclic) bond motifs is 1. The number of benzene rings is 1. The second-order valence-electron chi connectivity index (χ2n) is 6.43. The van der Waals surface area contributed by atoms with Crippen LogP contribution in [0.25, 0.3) is 0 Å². The van der Waals surface area contributed by atoms with E-state index in [0.717, 1.165) is 6.42 Å². The number of nitrogens with zero attached hydrogens (tertiary/aromatic N) is 2. The fourth-order valence-corrected chi connectivity index (χ4v) is 3.28. The first-order valence-electron chi connectivity index (χ1n) is 7.36. The van der Waals surface area contributed by atoms with E-state index in [1.54, 1.807) is 13.0 Å². The molecule has 3 rings (SSSR count). The van der Waals surface area contributed by atoms with Crippen LogP contribution in [0.1, 0.15) is 43.1 Å². The van der Waals surface area contributed by atoms with Gasteiger partial charge in [0, 0.05) is 6.07 Å². The van der Waals surface area contributed by atoms with Crippen LogP contribution in [0.3, 0.4) is 0 Å². The molecule has 5 heteroatoms. The van der Waals surface area contributed by atoms with Gasteiger partial charge in [0.15, 0.2) is 0 Å². The zero-order valence-corrected chi connectivity index (χ0v) is 13.0. The molecule has 0 amide bonds. The summed E-state index contributed by atoms with van der Waals surface area (Å²) in [4.78, 5) is 14.8. The lowest BCUT2D eigenvalue weighted by molar-refractivity contribution is -0.385. The second kappa shape index (κ2) is 5.09. The van der Waals surface area contributed by atoms with Crippen LogP contribution in [0.4, 0.5) is 11.5 Å². The Labute approximate surface area is 129 Å². The van der Waals surface area contributed by atoms with Gasteiger partial charge >= 0.3 is 0 Å². The SMILES string of the molecule is Cc1nc(NC2CC(C)(C)c3ccccc32)ccc1[N+](=O)[O-]. The van der Waals surface area contributed by atoms with Gasteiger partial charge in [-0.25, -0.2) is 4.98 Å². The summed E-state index contributed by atoms with van der Waals surface area (Å²) in [7, 11) is 0. The molecular formula is C17H19N3O2. The van der Waals surface area contributed by atoms with Gasteiger partial charge in [-0.2, -0.15) is 0 Å². The lowest BCUT2D eigenvalue weighted by Gasteiger charge is -2.19. The highest BCUT2D eigenvalue weighted by atomic mass is 16.6. The van der Waals surface area contributed by atoms with Gasteiger partial charge in [-0.1, -0.05) is 38.1 Å². The van der Waals surface area contributed by atoms with Crippen molar-refractivity contribution in [2.24, 2.45) is 0 Å². The first kappa shape index (κ1) is 14.5. The van der Waals surface area contributed by atoms with Crippen molar-refractivity contribution < 1.29 is 4.92 Å². The van der Waals surface area contributed by atoms with Crippen LogP contribution in [0, 0.1) is 17.0 Å². The van der Waals surface area contributed by atoms with E-state index in [2.05, 4.69) is 42.3 Å². The second-order valence-corrected chi connectivity index (χ2v) is 6.43. The normalized spacial score (nSPS) is 18.8. The van der Waals surface area contributed by atoms with Gasteiger partial charge in [-0.05, 0) is 36.0 Å². The summed E-state index contributed by atoms with van der Waals surface area (Å²) in [6.07, 6.45) is 0.976.